The van der Waals surface area contributed by atoms with Crippen molar-refractivity contribution in [2.24, 2.45) is 31.7 Å². The number of nitrogens with zero attached hydrogens (tertiary/aromatic N) is 15. The number of aromatic nitrogens is 6. The molecule has 6 N–H and O–H groups in total. The fraction of sp³-hybridized carbons (Fsp3) is 0.411. The number of nitrogens with two attached hydrogens (primary N) is 1. The molecule has 0 saturated carbocycles. The van der Waals surface area contributed by atoms with E-state index in [0.717, 1.165) is 256 Å². The highest BCUT2D eigenvalue weighted by atomic mass is 79.9. The summed E-state index contributed by atoms with van der Waals surface area (Å²) < 4.78 is 15.0. The summed E-state index contributed by atoms with van der Waals surface area (Å²) >= 11 is 57.8. The third-order valence-corrected chi connectivity index (χ3v) is 34.7. The lowest BCUT2D eigenvalue weighted by Gasteiger charge is -2.39. The van der Waals surface area contributed by atoms with E-state index in [1.54, 1.807) is 37.8 Å². The number of carbonyl (C=O) groups is 5. The maximum absolute atomic E-state index is 13.2. The Morgan fingerprint density at radius 3 is 1.08 bits per heavy atom. The Morgan fingerprint density at radius 1 is 0.368 bits per heavy atom. The van der Waals surface area contributed by atoms with Gasteiger partial charge in [-0.3, -0.25) is 59.5 Å². The molecule has 0 radical (unpaired) electrons. The summed E-state index contributed by atoms with van der Waals surface area (Å²) in [4.78, 5) is 82.9. The van der Waals surface area contributed by atoms with Gasteiger partial charge < -0.3 is 35.1 Å². The van der Waals surface area contributed by atoms with Gasteiger partial charge in [-0.05, 0) is 283 Å². The molecule has 0 bridgehead atoms. The first kappa shape index (κ1) is 107. The Bertz CT molecular complexity index is 6170. The molecule has 5 amide bonds. The van der Waals surface area contributed by atoms with Gasteiger partial charge in [0.2, 0.25) is 54.3 Å². The first-order valence-electron chi connectivity index (χ1n) is 49.1. The van der Waals surface area contributed by atoms with E-state index >= 15 is 0 Å². The molecular weight excluding hydrogens is 2390 g/mol. The van der Waals surface area contributed by atoms with Crippen molar-refractivity contribution in [1.29, 1.82) is 0 Å². The average molecular weight is 2510 g/mol. The second-order valence-corrected chi connectivity index (χ2v) is 47.5. The Morgan fingerprint density at radius 2 is 0.688 bits per heavy atom. The summed E-state index contributed by atoms with van der Waals surface area (Å²) in [5.74, 6) is 2.20. The lowest BCUT2D eigenvalue weighted by atomic mass is 9.88. The number of rotatable bonds is 12. The minimum Gasteiger partial charge on any atom is -0.386 e. The van der Waals surface area contributed by atoms with Gasteiger partial charge >= 0.3 is 0 Å². The van der Waals surface area contributed by atoms with Gasteiger partial charge in [-0.15, -0.1) is 0 Å². The van der Waals surface area contributed by atoms with Crippen LogP contribution in [0.3, 0.4) is 0 Å². The molecule has 37 heteroatoms. The third kappa shape index (κ3) is 25.0. The van der Waals surface area contributed by atoms with E-state index in [2.05, 4.69) is 162 Å². The number of pyridine rings is 6. The highest BCUT2D eigenvalue weighted by molar-refractivity contribution is 9.11. The van der Waals surface area contributed by atoms with Crippen LogP contribution in [0.4, 0.5) is 0 Å². The van der Waals surface area contributed by atoms with E-state index in [1.807, 2.05) is 139 Å². The minimum atomic E-state index is -0.239. The van der Waals surface area contributed by atoms with Gasteiger partial charge in [-0.2, -0.15) is 0 Å². The van der Waals surface area contributed by atoms with E-state index in [9.17, 15) is 44.8 Å². The van der Waals surface area contributed by atoms with Crippen LogP contribution in [-0.2, 0) is 102 Å². The molecule has 4 aromatic carbocycles. The van der Waals surface area contributed by atoms with Crippen LogP contribution in [0.5, 0.6) is 0 Å². The SMILES string of the molecule is C=C(N)N1CCC(CC(=O)N2CCN(C3c4c(Br)cc(Cl)cc4CCc4cc(Br)c[n+](O)c43)CC2)CC1.CC(=O)N1CCC(CC(=O)N2CCC(=C3c4c(Br)cc(Cl)cc4CCc4cc(Br)c[n+](O)c43)CC2)CC1.C[n+]1ccc(CC(=O)N2CCN(C3c4c(Br)cc(Cl)cc4CCc4cc(Br)c[n+](O)c43)CC2)cc1.C[n+]1ccc(CC(=O)N2CCN(C3c4c(Cl)cc(Cl)cc4CCc4cc(Br)c[n+](O)c43)CC2)cc1. The zero-order chi connectivity index (χ0) is 102. The van der Waals surface area contributed by atoms with Crippen LogP contribution in [0.1, 0.15) is 177 Å². The molecule has 3 unspecified atom stereocenters. The van der Waals surface area contributed by atoms with Crippen molar-refractivity contribution in [3.05, 3.63) is 322 Å². The Kier molecular flexibility index (Phi) is 35.4. The molecule has 6 aliphatic heterocycles. The molecule has 3 atom stereocenters. The molecule has 758 valence electrons. The fourth-order valence-corrected chi connectivity index (χ4v) is 28.2. The van der Waals surface area contributed by atoms with Crippen molar-refractivity contribution >= 4 is 205 Å². The summed E-state index contributed by atoms with van der Waals surface area (Å²) in [6, 6.07) is 31.4. The number of piperidine rings is 3. The summed E-state index contributed by atoms with van der Waals surface area (Å²) in [6.07, 6.45) is 28.2. The largest absolute Gasteiger partial charge is 0.386 e. The third-order valence-electron chi connectivity index (χ3n) is 29.9. The number of piperazine rings is 3. The normalized spacial score (nSPS) is 18.8. The van der Waals surface area contributed by atoms with Crippen molar-refractivity contribution in [3.63, 3.8) is 0 Å². The minimum absolute atomic E-state index is 0.119. The van der Waals surface area contributed by atoms with Gasteiger partial charge in [-0.25, -0.2) is 9.13 Å². The number of carbonyl (C=O) groups excluding carboxylic acids is 5. The Balaban J connectivity index is 0.000000132. The van der Waals surface area contributed by atoms with E-state index < -0.39 is 0 Å². The molecular formula is C107H118Br7Cl5N16O9+6. The van der Waals surface area contributed by atoms with E-state index in [0.29, 0.717) is 147 Å². The number of amides is 5. The van der Waals surface area contributed by atoms with Gasteiger partial charge in [0.15, 0.2) is 24.8 Å². The summed E-state index contributed by atoms with van der Waals surface area (Å²) in [7, 11) is 3.93. The van der Waals surface area contributed by atoms with Gasteiger partial charge in [0.25, 0.3) is 22.8 Å². The molecule has 144 heavy (non-hydrogen) atoms. The molecule has 12 heterocycles. The number of fused-ring (bicyclic) bond motifs is 8. The molecule has 6 saturated heterocycles. The molecule has 10 aromatic rings. The summed E-state index contributed by atoms with van der Waals surface area (Å²) in [5.41, 5.74) is 26.8. The van der Waals surface area contributed by atoms with Crippen molar-refractivity contribution in [3.8, 4) is 0 Å². The number of hydrogen-bond acceptors (Lipinski definition) is 14. The first-order valence-corrected chi connectivity index (χ1v) is 56.5. The highest BCUT2D eigenvalue weighted by Crippen LogP contribution is 2.48. The van der Waals surface area contributed by atoms with Crippen LogP contribution < -0.4 is 33.8 Å². The van der Waals surface area contributed by atoms with Crippen molar-refractivity contribution < 1.29 is 72.9 Å². The van der Waals surface area contributed by atoms with E-state index in [4.69, 9.17) is 63.7 Å². The zero-order valence-corrected chi connectivity index (χ0v) is 95.4. The standard InChI is InChI=1S/C28H31Br2ClN3O3.C27H33Br2ClN5O2.C26H27Br2ClN4O2.C26H27BrCl2N4O2/c1-17(35)32-8-4-18(5-9-32)12-25(36)33-10-6-19(7-11-33)27-26-20(14-23(31)15-24(26)30)2-3-21-13-22(29)16-34(37)28(21)27;1-17(31)32-6-4-18(5-7-32)12-24(36)33-8-10-34(11-9-33)27-25-19(14-22(30)15-23(25)29)2-3-20-13-21(28)16-35(37)26(20)27;1-30-6-4-17(5-7-30)12-23(34)31-8-10-32(11-9-31)26-24-18(14-21(29)15-22(24)28)2-3-19-13-20(27)16-33(35)25(19)26;1-30-6-4-17(5-7-30)12-23(34)31-8-10-32(11-9-31)26-24-18(14-21(28)15-22(24)29)2-3-19-13-20(27)16-33(35)25(19)26/h13-16,18,37H,2-12H2,1H3;13-16,18,27,37H,1-12,31H2;2*4-7,13-16,26,35H,2-3,8-12H2,1H3/q2*+1;2*+2. The molecule has 20 rings (SSSR count). The zero-order valence-electron chi connectivity index (χ0n) is 80.6. The smallest absolute Gasteiger partial charge is 0.268 e. The van der Waals surface area contributed by atoms with Crippen LogP contribution in [-0.4, -0.2) is 212 Å². The van der Waals surface area contributed by atoms with Gasteiger partial charge in [0.1, 0.15) is 32.2 Å². The van der Waals surface area contributed by atoms with Gasteiger partial charge in [-0.1, -0.05) is 118 Å². The first-order chi connectivity index (χ1) is 69.0. The Hall–Kier alpha value is -7.90. The van der Waals surface area contributed by atoms with E-state index in [-0.39, 0.29) is 47.7 Å². The predicted octanol–water partition coefficient (Wildman–Crippen LogP) is 17.3. The molecule has 0 spiro atoms. The van der Waals surface area contributed by atoms with Gasteiger partial charge in [0.05, 0.1) is 42.1 Å². The molecule has 6 aromatic heterocycles. The lowest BCUT2D eigenvalue weighted by Crippen LogP contribution is -2.52. The second kappa shape index (κ2) is 47.5. The summed E-state index contributed by atoms with van der Waals surface area (Å²) in [5, 5.41) is 47.4. The van der Waals surface area contributed by atoms with Crippen LogP contribution in [0, 0.1) is 11.8 Å². The highest BCUT2D eigenvalue weighted by Gasteiger charge is 2.46. The number of aryl methyl sites for hydroxylation is 10. The van der Waals surface area contributed by atoms with Crippen LogP contribution in [0.25, 0.3) is 5.57 Å². The number of benzene rings is 4. The topological polar surface area (TPSA) is 245 Å². The average Bonchev–Trinajstić information content (AvgIpc) is 1.57. The second-order valence-electron chi connectivity index (χ2n) is 39.1. The lowest BCUT2D eigenvalue weighted by molar-refractivity contribution is -0.911. The summed E-state index contributed by atoms with van der Waals surface area (Å²) in [6.45, 7) is 18.1. The maximum atomic E-state index is 13.2. The predicted molar refractivity (Wildman–Crippen MR) is 576 cm³/mol. The van der Waals surface area contributed by atoms with Crippen LogP contribution >= 0.6 is 170 Å². The van der Waals surface area contributed by atoms with Crippen LogP contribution in [0.15, 0.2) is 196 Å². The van der Waals surface area contributed by atoms with E-state index in [1.165, 1.54) is 35.6 Å². The number of hydrogen-bond donors (Lipinski definition) is 5. The van der Waals surface area contributed by atoms with Gasteiger partial charge in [0, 0.05) is 253 Å². The van der Waals surface area contributed by atoms with Crippen molar-refractivity contribution in [2.75, 3.05) is 118 Å². The molecule has 6 fully saturated rings. The maximum Gasteiger partial charge on any atom is 0.268 e. The molecule has 4 aliphatic carbocycles. The van der Waals surface area contributed by atoms with Crippen LogP contribution in [0.2, 0.25) is 25.1 Å². The number of halogens is 12. The van der Waals surface area contributed by atoms with Crippen molar-refractivity contribution in [2.45, 2.75) is 141 Å². The fourth-order valence-electron chi connectivity index (χ4n) is 22.4. The molecule has 10 aliphatic rings. The quantitative estimate of drug-likeness (QED) is 0.0564. The Labute approximate surface area is 924 Å². The van der Waals surface area contributed by atoms with Crippen molar-refractivity contribution in [1.82, 2.24) is 44.1 Å². The monoisotopic (exact) mass is 2500 g/mol. The number of likely N-dealkylation sites (tertiary alicyclic amines) is 3. The molecule has 25 nitrogen and oxygen atoms in total.